The zero-order valence-corrected chi connectivity index (χ0v) is 11.1. The predicted molar refractivity (Wildman–Crippen MR) is 76.1 cm³/mol. The third-order valence-corrected chi connectivity index (χ3v) is 2.43. The van der Waals surface area contributed by atoms with Gasteiger partial charge in [-0.25, -0.2) is 19.7 Å². The van der Waals surface area contributed by atoms with E-state index in [1.807, 2.05) is 10.1 Å². The fraction of sp³-hybridized carbons (Fsp3) is 0.0833. The lowest BCUT2D eigenvalue weighted by atomic mass is 10.2. The van der Waals surface area contributed by atoms with E-state index in [1.54, 1.807) is 6.07 Å². The Balaban J connectivity index is 1.87. The summed E-state index contributed by atoms with van der Waals surface area (Å²) in [6.45, 7) is -0.309. The summed E-state index contributed by atoms with van der Waals surface area (Å²) in [7, 11) is 0. The average Bonchev–Trinajstić information content (AvgIpc) is 2.48. The molecule has 22 heavy (non-hydrogen) atoms. The molecule has 0 saturated heterocycles. The third-order valence-electron chi connectivity index (χ3n) is 2.43. The summed E-state index contributed by atoms with van der Waals surface area (Å²) >= 11 is 0. The maximum Gasteiger partial charge on any atom is 0.342 e. The Bertz CT molecular complexity index is 813. The number of amides is 1. The van der Waals surface area contributed by atoms with Crippen molar-refractivity contribution in [2.24, 2.45) is 5.10 Å². The second-order valence-electron chi connectivity index (χ2n) is 4.02. The fourth-order valence-electron chi connectivity index (χ4n) is 1.42. The largest absolute Gasteiger partial charge is 0.355 e. The number of carbonyl (C=O) groups is 1. The van der Waals surface area contributed by atoms with Crippen molar-refractivity contribution < 1.29 is 9.18 Å². The van der Waals surface area contributed by atoms with Crippen LogP contribution in [0.4, 0.5) is 10.2 Å². The summed E-state index contributed by atoms with van der Waals surface area (Å²) < 4.78 is 13.3. The van der Waals surface area contributed by atoms with Crippen LogP contribution in [-0.2, 0) is 4.79 Å². The molecule has 0 bridgehead atoms. The summed E-state index contributed by atoms with van der Waals surface area (Å²) in [6, 6.07) is 5.91. The van der Waals surface area contributed by atoms with Crippen molar-refractivity contribution in [3.63, 3.8) is 0 Å². The molecule has 0 aliphatic heterocycles. The van der Waals surface area contributed by atoms with Gasteiger partial charge in [0.05, 0.1) is 12.8 Å². The van der Waals surface area contributed by atoms with Crippen molar-refractivity contribution in [1.29, 1.82) is 0 Å². The van der Waals surface area contributed by atoms with Crippen LogP contribution in [0.15, 0.2) is 39.0 Å². The van der Waals surface area contributed by atoms with Gasteiger partial charge in [0.15, 0.2) is 0 Å². The molecule has 0 aliphatic carbocycles. The number of hydrogen-bond acceptors (Lipinski definition) is 6. The number of hydrogen-bond donors (Lipinski definition) is 4. The molecular formula is C12H11FN6O3. The normalized spacial score (nSPS) is 10.6. The molecule has 114 valence electrons. The molecule has 1 aromatic carbocycles. The monoisotopic (exact) mass is 306 g/mol. The van der Waals surface area contributed by atoms with Gasteiger partial charge in [-0.3, -0.25) is 14.6 Å². The molecular weight excluding hydrogens is 295 g/mol. The Morgan fingerprint density at radius 3 is 2.86 bits per heavy atom. The molecule has 10 heteroatoms. The first-order valence-corrected chi connectivity index (χ1v) is 6.05. The lowest BCUT2D eigenvalue weighted by molar-refractivity contribution is -0.119. The highest BCUT2D eigenvalue weighted by molar-refractivity contribution is 5.84. The smallest absolute Gasteiger partial charge is 0.342 e. The van der Waals surface area contributed by atoms with Gasteiger partial charge in [-0.15, -0.1) is 5.10 Å². The van der Waals surface area contributed by atoms with Crippen molar-refractivity contribution in [1.82, 2.24) is 20.6 Å². The van der Waals surface area contributed by atoms with E-state index in [-0.39, 0.29) is 17.9 Å². The van der Waals surface area contributed by atoms with E-state index in [2.05, 4.69) is 20.9 Å². The summed E-state index contributed by atoms with van der Waals surface area (Å²) in [5.41, 5.74) is 0.853. The van der Waals surface area contributed by atoms with Gasteiger partial charge in [0, 0.05) is 5.56 Å². The molecule has 0 saturated carbocycles. The summed E-state index contributed by atoms with van der Waals surface area (Å²) in [5.74, 6) is -1.27. The molecule has 1 amide bonds. The Morgan fingerprint density at radius 1 is 1.36 bits per heavy atom. The lowest BCUT2D eigenvalue weighted by Crippen LogP contribution is -2.31. The van der Waals surface area contributed by atoms with Gasteiger partial charge in [0.25, 0.3) is 11.5 Å². The predicted octanol–water partition coefficient (Wildman–Crippen LogP) is -0.840. The van der Waals surface area contributed by atoms with Gasteiger partial charge in [0.2, 0.25) is 5.82 Å². The molecule has 4 N–H and O–H groups in total. The number of aromatic amines is 2. The molecule has 2 rings (SSSR count). The first-order chi connectivity index (χ1) is 10.6. The third kappa shape index (κ3) is 4.10. The van der Waals surface area contributed by atoms with E-state index in [1.165, 1.54) is 18.2 Å². The zero-order chi connectivity index (χ0) is 15.9. The second kappa shape index (κ2) is 6.92. The first kappa shape index (κ1) is 15.1. The molecule has 9 nitrogen and oxygen atoms in total. The number of hydrazone groups is 1. The summed E-state index contributed by atoms with van der Waals surface area (Å²) in [4.78, 5) is 35.5. The highest BCUT2D eigenvalue weighted by atomic mass is 19.1. The molecule has 0 fully saturated rings. The minimum Gasteiger partial charge on any atom is -0.355 e. The first-order valence-electron chi connectivity index (χ1n) is 6.05. The van der Waals surface area contributed by atoms with Gasteiger partial charge >= 0.3 is 5.69 Å². The Morgan fingerprint density at radius 2 is 2.14 bits per heavy atom. The number of aromatic nitrogens is 3. The van der Waals surface area contributed by atoms with E-state index in [9.17, 15) is 18.8 Å². The highest BCUT2D eigenvalue weighted by Gasteiger charge is 2.04. The number of nitrogens with one attached hydrogen (secondary N) is 4. The minimum absolute atomic E-state index is 0.215. The molecule has 2 aromatic rings. The fourth-order valence-corrected chi connectivity index (χ4v) is 1.42. The lowest BCUT2D eigenvalue weighted by Gasteiger charge is -2.02. The molecule has 0 unspecified atom stereocenters. The van der Waals surface area contributed by atoms with Gasteiger partial charge in [-0.1, -0.05) is 18.2 Å². The SMILES string of the molecule is O=C(CNc1n[nH]c(=O)[nH]c1=O)N/N=C\c1ccccc1F. The quantitative estimate of drug-likeness (QED) is 0.422. The van der Waals surface area contributed by atoms with E-state index < -0.39 is 23.0 Å². The van der Waals surface area contributed by atoms with Gasteiger partial charge in [-0.05, 0) is 6.07 Å². The molecule has 0 atom stereocenters. The van der Waals surface area contributed by atoms with Crippen LogP contribution in [0.5, 0.6) is 0 Å². The summed E-state index contributed by atoms with van der Waals surface area (Å²) in [5, 5.41) is 11.4. The number of halogens is 1. The number of anilines is 1. The van der Waals surface area contributed by atoms with E-state index in [4.69, 9.17) is 0 Å². The highest BCUT2D eigenvalue weighted by Crippen LogP contribution is 2.02. The maximum atomic E-state index is 13.3. The van der Waals surface area contributed by atoms with Crippen LogP contribution in [0.3, 0.4) is 0 Å². The van der Waals surface area contributed by atoms with Crippen LogP contribution >= 0.6 is 0 Å². The van der Waals surface area contributed by atoms with Crippen LogP contribution in [-0.4, -0.2) is 33.8 Å². The average molecular weight is 306 g/mol. The van der Waals surface area contributed by atoms with Crippen LogP contribution in [0.1, 0.15) is 5.56 Å². The number of benzene rings is 1. The zero-order valence-electron chi connectivity index (χ0n) is 11.1. The van der Waals surface area contributed by atoms with E-state index in [0.717, 1.165) is 6.21 Å². The minimum atomic E-state index is -0.758. The van der Waals surface area contributed by atoms with Crippen LogP contribution < -0.4 is 22.0 Å². The van der Waals surface area contributed by atoms with Gasteiger partial charge in [0.1, 0.15) is 5.82 Å². The molecule has 0 spiro atoms. The molecule has 1 heterocycles. The van der Waals surface area contributed by atoms with Crippen LogP contribution in [0.25, 0.3) is 0 Å². The molecule has 0 aliphatic rings. The number of nitrogens with zero attached hydrogens (tertiary/aromatic N) is 2. The number of rotatable bonds is 5. The van der Waals surface area contributed by atoms with E-state index in [0.29, 0.717) is 0 Å². The maximum absolute atomic E-state index is 13.3. The van der Waals surface area contributed by atoms with Crippen molar-refractivity contribution in [2.75, 3.05) is 11.9 Å². The molecule has 1 aromatic heterocycles. The van der Waals surface area contributed by atoms with Gasteiger partial charge in [-0.2, -0.15) is 5.10 Å². The topological polar surface area (TPSA) is 132 Å². The number of carbonyl (C=O) groups excluding carboxylic acids is 1. The van der Waals surface area contributed by atoms with Crippen molar-refractivity contribution in [3.8, 4) is 0 Å². The van der Waals surface area contributed by atoms with Crippen LogP contribution in [0, 0.1) is 5.82 Å². The van der Waals surface area contributed by atoms with E-state index >= 15 is 0 Å². The standard InChI is InChI=1S/C12H11FN6O3/c13-8-4-2-1-3-7(8)5-15-17-9(20)6-14-10-11(21)16-12(22)19-18-10/h1-5H,6H2,(H,14,18)(H,17,20)(H2,16,19,21,22)/b15-5-. The number of H-pyrrole nitrogens is 2. The Kier molecular flexibility index (Phi) is 4.75. The van der Waals surface area contributed by atoms with Crippen molar-refractivity contribution in [3.05, 3.63) is 56.5 Å². The van der Waals surface area contributed by atoms with Gasteiger partial charge < -0.3 is 5.32 Å². The molecule has 0 radical (unpaired) electrons. The van der Waals surface area contributed by atoms with Crippen molar-refractivity contribution >= 4 is 17.9 Å². The second-order valence-corrected chi connectivity index (χ2v) is 4.02. The van der Waals surface area contributed by atoms with Crippen molar-refractivity contribution in [2.45, 2.75) is 0 Å². The summed E-state index contributed by atoms with van der Waals surface area (Å²) in [6.07, 6.45) is 1.15. The van der Waals surface area contributed by atoms with Crippen LogP contribution in [0.2, 0.25) is 0 Å². The Hall–Kier alpha value is -3.30. The Labute approximate surface area is 122 Å².